The summed E-state index contributed by atoms with van der Waals surface area (Å²) in [6.45, 7) is 8.13. The van der Waals surface area contributed by atoms with Crippen molar-refractivity contribution in [2.75, 3.05) is 0 Å². The molecule has 0 spiro atoms. The molecule has 0 bridgehead atoms. The summed E-state index contributed by atoms with van der Waals surface area (Å²) >= 11 is 0. The van der Waals surface area contributed by atoms with E-state index >= 15 is 0 Å². The van der Waals surface area contributed by atoms with E-state index in [4.69, 9.17) is 0 Å². The van der Waals surface area contributed by atoms with E-state index in [0.717, 1.165) is 18.9 Å². The zero-order valence-corrected chi connectivity index (χ0v) is 11.4. The molecule has 0 radical (unpaired) electrons. The summed E-state index contributed by atoms with van der Waals surface area (Å²) in [6.07, 6.45) is 1.97. The van der Waals surface area contributed by atoms with Crippen LogP contribution in [-0.4, -0.2) is 15.6 Å². The predicted molar refractivity (Wildman–Crippen MR) is 74.5 cm³/mol. The van der Waals surface area contributed by atoms with Crippen molar-refractivity contribution in [3.63, 3.8) is 0 Å². The van der Waals surface area contributed by atoms with Gasteiger partial charge in [-0.25, -0.2) is 4.98 Å². The Labute approximate surface area is 109 Å². The summed E-state index contributed by atoms with van der Waals surface area (Å²) in [7, 11) is 0. The van der Waals surface area contributed by atoms with Crippen molar-refractivity contribution in [1.29, 1.82) is 0 Å². The number of hydrogen-bond donors (Lipinski definition) is 1. The monoisotopic (exact) mass is 243 g/mol. The van der Waals surface area contributed by atoms with Gasteiger partial charge in [0.2, 0.25) is 0 Å². The molecule has 0 aliphatic carbocycles. The number of aromatic nitrogens is 2. The molecule has 0 fully saturated rings. The Morgan fingerprint density at radius 3 is 2.61 bits per heavy atom. The first kappa shape index (κ1) is 12.8. The number of hydrogen-bond acceptors (Lipinski definition) is 2. The van der Waals surface area contributed by atoms with Gasteiger partial charge in [-0.2, -0.15) is 0 Å². The molecule has 96 valence electrons. The first-order chi connectivity index (χ1) is 8.66. The van der Waals surface area contributed by atoms with Crippen LogP contribution in [0, 0.1) is 6.92 Å². The highest BCUT2D eigenvalue weighted by Crippen LogP contribution is 2.09. The summed E-state index contributed by atoms with van der Waals surface area (Å²) in [4.78, 5) is 4.41. The highest BCUT2D eigenvalue weighted by Gasteiger charge is 2.07. The molecule has 0 saturated heterocycles. The van der Waals surface area contributed by atoms with E-state index in [1.807, 2.05) is 12.3 Å². The molecule has 1 aromatic carbocycles. The lowest BCUT2D eigenvalue weighted by Gasteiger charge is -2.12. The molecule has 18 heavy (non-hydrogen) atoms. The predicted octanol–water partition coefficient (Wildman–Crippen LogP) is 2.74. The largest absolute Gasteiger partial charge is 0.327 e. The third-order valence-corrected chi connectivity index (χ3v) is 3.01. The summed E-state index contributed by atoms with van der Waals surface area (Å²) in [6, 6.07) is 11.0. The van der Waals surface area contributed by atoms with Crippen molar-refractivity contribution >= 4 is 0 Å². The third-order valence-electron chi connectivity index (χ3n) is 3.01. The Morgan fingerprint density at radius 2 is 1.94 bits per heavy atom. The smallest absolute Gasteiger partial charge is 0.106 e. The zero-order valence-electron chi connectivity index (χ0n) is 11.4. The van der Waals surface area contributed by atoms with Crippen molar-refractivity contribution in [2.24, 2.45) is 0 Å². The summed E-state index contributed by atoms with van der Waals surface area (Å²) < 4.78 is 2.27. The first-order valence-corrected chi connectivity index (χ1v) is 6.45. The summed E-state index contributed by atoms with van der Waals surface area (Å²) in [5.74, 6) is 1.07. The summed E-state index contributed by atoms with van der Waals surface area (Å²) in [5.41, 5.74) is 2.55. The fourth-order valence-corrected chi connectivity index (χ4v) is 1.95. The minimum atomic E-state index is 0.491. The van der Waals surface area contributed by atoms with E-state index in [1.54, 1.807) is 0 Å². The SMILES string of the molecule is Cc1ncc(CNC(C)C)n1Cc1ccccc1. The molecule has 0 unspecified atom stereocenters. The van der Waals surface area contributed by atoms with Crippen LogP contribution in [0.2, 0.25) is 0 Å². The highest BCUT2D eigenvalue weighted by atomic mass is 15.1. The van der Waals surface area contributed by atoms with Gasteiger partial charge in [0.15, 0.2) is 0 Å². The van der Waals surface area contributed by atoms with Gasteiger partial charge < -0.3 is 9.88 Å². The Balaban J connectivity index is 2.14. The van der Waals surface area contributed by atoms with E-state index in [9.17, 15) is 0 Å². The number of rotatable bonds is 5. The molecule has 0 saturated carbocycles. The van der Waals surface area contributed by atoms with Gasteiger partial charge in [0.05, 0.1) is 5.69 Å². The Kier molecular flexibility index (Phi) is 4.15. The fraction of sp³-hybridized carbons (Fsp3) is 0.400. The fourth-order valence-electron chi connectivity index (χ4n) is 1.95. The van der Waals surface area contributed by atoms with Crippen molar-refractivity contribution in [3.8, 4) is 0 Å². The van der Waals surface area contributed by atoms with Crippen molar-refractivity contribution < 1.29 is 0 Å². The second-order valence-corrected chi connectivity index (χ2v) is 4.90. The highest BCUT2D eigenvalue weighted by molar-refractivity contribution is 5.17. The number of nitrogens with zero attached hydrogens (tertiary/aromatic N) is 2. The molecule has 1 heterocycles. The minimum Gasteiger partial charge on any atom is -0.327 e. The van der Waals surface area contributed by atoms with E-state index in [2.05, 4.69) is 59.9 Å². The molecular formula is C15H21N3. The molecule has 1 N–H and O–H groups in total. The van der Waals surface area contributed by atoms with Crippen LogP contribution < -0.4 is 5.32 Å². The molecule has 2 aromatic rings. The van der Waals surface area contributed by atoms with Gasteiger partial charge in [0.1, 0.15) is 5.82 Å². The van der Waals surface area contributed by atoms with Crippen molar-refractivity contribution in [2.45, 2.75) is 39.9 Å². The van der Waals surface area contributed by atoms with Crippen LogP contribution in [-0.2, 0) is 13.1 Å². The quantitative estimate of drug-likeness (QED) is 0.875. The standard InChI is InChI=1S/C15H21N3/c1-12(2)16-9-15-10-17-13(3)18(15)11-14-7-5-4-6-8-14/h4-8,10,12,16H,9,11H2,1-3H3. The molecule has 0 amide bonds. The van der Waals surface area contributed by atoms with Crippen LogP contribution in [0.3, 0.4) is 0 Å². The lowest BCUT2D eigenvalue weighted by atomic mass is 10.2. The van der Waals surface area contributed by atoms with E-state index in [1.165, 1.54) is 11.3 Å². The van der Waals surface area contributed by atoms with Gasteiger partial charge in [-0.3, -0.25) is 0 Å². The van der Waals surface area contributed by atoms with Gasteiger partial charge in [-0.05, 0) is 12.5 Å². The normalized spacial score (nSPS) is 11.1. The van der Waals surface area contributed by atoms with Gasteiger partial charge in [0.25, 0.3) is 0 Å². The lowest BCUT2D eigenvalue weighted by Crippen LogP contribution is -2.23. The average molecular weight is 243 g/mol. The van der Waals surface area contributed by atoms with E-state index in [0.29, 0.717) is 6.04 Å². The summed E-state index contributed by atoms with van der Waals surface area (Å²) in [5, 5.41) is 3.44. The number of imidazole rings is 1. The number of nitrogens with one attached hydrogen (secondary N) is 1. The van der Waals surface area contributed by atoms with Gasteiger partial charge in [0, 0.05) is 25.3 Å². The minimum absolute atomic E-state index is 0.491. The van der Waals surface area contributed by atoms with Crippen molar-refractivity contribution in [3.05, 3.63) is 53.6 Å². The van der Waals surface area contributed by atoms with Crippen LogP contribution >= 0.6 is 0 Å². The maximum Gasteiger partial charge on any atom is 0.106 e. The van der Waals surface area contributed by atoms with Gasteiger partial charge in [-0.1, -0.05) is 44.2 Å². The third kappa shape index (κ3) is 3.20. The van der Waals surface area contributed by atoms with Crippen LogP contribution in [0.5, 0.6) is 0 Å². The second-order valence-electron chi connectivity index (χ2n) is 4.90. The van der Waals surface area contributed by atoms with E-state index in [-0.39, 0.29) is 0 Å². The number of aryl methyl sites for hydroxylation is 1. The molecular weight excluding hydrogens is 222 g/mol. The lowest BCUT2D eigenvalue weighted by molar-refractivity contribution is 0.562. The Bertz CT molecular complexity index is 486. The molecule has 2 rings (SSSR count). The van der Waals surface area contributed by atoms with Crippen LogP contribution in [0.15, 0.2) is 36.5 Å². The molecule has 3 nitrogen and oxygen atoms in total. The average Bonchev–Trinajstić information content (AvgIpc) is 2.70. The van der Waals surface area contributed by atoms with Gasteiger partial charge in [-0.15, -0.1) is 0 Å². The van der Waals surface area contributed by atoms with Crippen LogP contribution in [0.1, 0.15) is 30.9 Å². The maximum atomic E-state index is 4.41. The molecule has 0 aliphatic rings. The van der Waals surface area contributed by atoms with Gasteiger partial charge >= 0.3 is 0 Å². The topological polar surface area (TPSA) is 29.9 Å². The zero-order chi connectivity index (χ0) is 13.0. The van der Waals surface area contributed by atoms with E-state index < -0.39 is 0 Å². The first-order valence-electron chi connectivity index (χ1n) is 6.45. The van der Waals surface area contributed by atoms with Crippen LogP contribution in [0.4, 0.5) is 0 Å². The molecule has 0 aliphatic heterocycles. The Hall–Kier alpha value is -1.61. The maximum absolute atomic E-state index is 4.41. The van der Waals surface area contributed by atoms with Crippen molar-refractivity contribution in [1.82, 2.24) is 14.9 Å². The number of benzene rings is 1. The molecule has 0 atom stereocenters. The molecule has 1 aromatic heterocycles. The molecule has 3 heteroatoms. The van der Waals surface area contributed by atoms with Crippen LogP contribution in [0.25, 0.3) is 0 Å². The second kappa shape index (κ2) is 5.83. The Morgan fingerprint density at radius 1 is 1.22 bits per heavy atom.